The van der Waals surface area contributed by atoms with E-state index in [0.29, 0.717) is 13.0 Å². The Morgan fingerprint density at radius 3 is 1.79 bits per heavy atom. The summed E-state index contributed by atoms with van der Waals surface area (Å²) in [6.45, 7) is 2.61. The number of ether oxygens (including phenoxy) is 2. The van der Waals surface area contributed by atoms with Crippen LogP contribution in [0, 0.1) is 0 Å². The Bertz CT molecular complexity index is 1010. The molecule has 1 unspecified atom stereocenters. The van der Waals surface area contributed by atoms with Crippen LogP contribution in [0.3, 0.4) is 0 Å². The fraction of sp³-hybridized carbons (Fsp3) is 0.333. The number of nitrogens with one attached hydrogen (secondary N) is 1. The van der Waals surface area contributed by atoms with Gasteiger partial charge in [0.25, 0.3) is 0 Å². The largest absolute Gasteiger partial charge is 0.691 e. The van der Waals surface area contributed by atoms with Crippen molar-refractivity contribution in [1.29, 1.82) is 0 Å². The monoisotopic (exact) mass is 595 g/mol. The number of benzene rings is 3. The Balaban J connectivity index is 0.000000444. The van der Waals surface area contributed by atoms with Gasteiger partial charge in [-0.2, -0.15) is 6.20 Å². The van der Waals surface area contributed by atoms with Gasteiger partial charge in [-0.25, -0.2) is 0 Å². The summed E-state index contributed by atoms with van der Waals surface area (Å²) < 4.78 is 10.5. The van der Waals surface area contributed by atoms with E-state index in [0.717, 1.165) is 40.2 Å². The molecule has 1 atom stereocenters. The summed E-state index contributed by atoms with van der Waals surface area (Å²) in [5.41, 5.74) is 9.03. The molecule has 0 amide bonds. The summed E-state index contributed by atoms with van der Waals surface area (Å²) in [7, 11) is 3.25. The maximum absolute atomic E-state index is 11.7. The van der Waals surface area contributed by atoms with E-state index in [1.54, 1.807) is 20.4 Å². The van der Waals surface area contributed by atoms with Gasteiger partial charge in [-0.1, -0.05) is 61.0 Å². The second-order valence-corrected chi connectivity index (χ2v) is 8.57. The first-order valence-electron chi connectivity index (χ1n) is 12.2. The molecule has 4 N–H and O–H groups in total. The van der Waals surface area contributed by atoms with E-state index in [1.165, 1.54) is 0 Å². The van der Waals surface area contributed by atoms with Crippen molar-refractivity contribution >= 4 is 0 Å². The standard InChI is InChI=1S/C21H20O3.C9H18N2O2.Y/c1-23-19-12-8-17(9-13-19)21(22,16-6-4-3-5-7-16)18-10-14-20(24-2)15-11-18;1-8(5-10)6-11-4-2-3-9(13)7-12;/h3-15,22H,1-2H3;6,9-10,12-13H,2-5,7H2,1H3;/q;-2;/b;8-6-;. The zero-order valence-electron chi connectivity index (χ0n) is 22.4. The summed E-state index contributed by atoms with van der Waals surface area (Å²) in [5.74, 6) is 1.51. The molecule has 0 saturated carbocycles. The number of nitrogens with zero attached hydrogens (tertiary/aromatic N) is 1. The SMILES string of the molecule is C/C(=C/[N-]CCCC(O)CO)C[NH-].COc1ccc(C(O)(c2ccccc2)c2ccc(OC)cc2)cc1.[Y]. The van der Waals surface area contributed by atoms with Crippen LogP contribution in [-0.4, -0.2) is 55.3 Å². The number of methoxy groups -OCH3 is 2. The van der Waals surface area contributed by atoms with Gasteiger partial charge in [-0.05, 0) is 54.3 Å². The first kappa shape index (κ1) is 33.8. The van der Waals surface area contributed by atoms with Gasteiger partial charge in [-0.3, -0.25) is 0 Å². The Kier molecular flexibility index (Phi) is 16.1. The van der Waals surface area contributed by atoms with Crippen molar-refractivity contribution in [2.75, 3.05) is 33.9 Å². The fourth-order valence-corrected chi connectivity index (χ4v) is 3.62. The summed E-state index contributed by atoms with van der Waals surface area (Å²) in [5, 5.41) is 33.2. The predicted octanol–water partition coefficient (Wildman–Crippen LogP) is 5.44. The van der Waals surface area contributed by atoms with E-state index >= 15 is 0 Å². The topological polar surface area (TPSA) is 117 Å². The Morgan fingerprint density at radius 1 is 0.895 bits per heavy atom. The Labute approximate surface area is 251 Å². The molecule has 0 aliphatic carbocycles. The minimum atomic E-state index is -1.25. The zero-order chi connectivity index (χ0) is 27.1. The Hall–Kier alpha value is -2.26. The molecule has 0 heterocycles. The van der Waals surface area contributed by atoms with Crippen molar-refractivity contribution in [1.82, 2.24) is 0 Å². The van der Waals surface area contributed by atoms with Crippen molar-refractivity contribution in [2.24, 2.45) is 0 Å². The predicted molar refractivity (Wildman–Crippen MR) is 148 cm³/mol. The van der Waals surface area contributed by atoms with E-state index in [-0.39, 0.29) is 45.9 Å². The molecule has 3 aromatic carbocycles. The number of rotatable bonds is 12. The molecule has 38 heavy (non-hydrogen) atoms. The van der Waals surface area contributed by atoms with Crippen LogP contribution in [0.4, 0.5) is 0 Å². The normalized spacial score (nSPS) is 11.9. The van der Waals surface area contributed by atoms with Crippen molar-refractivity contribution in [3.8, 4) is 11.5 Å². The first-order chi connectivity index (χ1) is 17.9. The smallest absolute Gasteiger partial charge is 0.140 e. The summed E-state index contributed by atoms with van der Waals surface area (Å²) in [4.78, 5) is 0. The maximum atomic E-state index is 11.7. The molecular weight excluding hydrogens is 557 g/mol. The van der Waals surface area contributed by atoms with Crippen LogP contribution in [0.15, 0.2) is 90.6 Å². The molecule has 203 valence electrons. The van der Waals surface area contributed by atoms with Crippen LogP contribution in [0.1, 0.15) is 36.5 Å². The van der Waals surface area contributed by atoms with E-state index in [2.05, 4.69) is 5.32 Å². The second kappa shape index (κ2) is 18.1. The third-order valence-electron chi connectivity index (χ3n) is 5.83. The van der Waals surface area contributed by atoms with Crippen molar-refractivity contribution in [2.45, 2.75) is 31.5 Å². The third kappa shape index (κ3) is 10.1. The number of hydrogen-bond acceptors (Lipinski definition) is 5. The molecule has 3 aromatic rings. The molecule has 1 radical (unpaired) electrons. The van der Waals surface area contributed by atoms with Crippen LogP contribution < -0.4 is 9.47 Å². The average Bonchev–Trinajstić information content (AvgIpc) is 2.97. The molecule has 0 bridgehead atoms. The number of aliphatic hydroxyl groups is 3. The second-order valence-electron chi connectivity index (χ2n) is 8.57. The van der Waals surface area contributed by atoms with Gasteiger partial charge >= 0.3 is 0 Å². The van der Waals surface area contributed by atoms with Crippen molar-refractivity contribution in [3.63, 3.8) is 0 Å². The van der Waals surface area contributed by atoms with E-state index in [4.69, 9.17) is 25.4 Å². The minimum absolute atomic E-state index is 0. The molecule has 7 nitrogen and oxygen atoms in total. The molecule has 0 spiro atoms. The molecular formula is C30H38N2O5Y-2. The molecule has 0 aliphatic rings. The number of hydrogen-bond donors (Lipinski definition) is 3. The molecule has 3 rings (SSSR count). The molecule has 0 fully saturated rings. The van der Waals surface area contributed by atoms with Crippen molar-refractivity contribution in [3.05, 3.63) is 118 Å². The van der Waals surface area contributed by atoms with Gasteiger partial charge in [0, 0.05) is 32.7 Å². The van der Waals surface area contributed by atoms with Gasteiger partial charge in [-0.15, -0.1) is 18.7 Å². The van der Waals surface area contributed by atoms with Crippen molar-refractivity contribution < 1.29 is 57.5 Å². The maximum Gasteiger partial charge on any atom is 0.140 e. The van der Waals surface area contributed by atoms with Gasteiger partial charge in [0.15, 0.2) is 0 Å². The minimum Gasteiger partial charge on any atom is -0.691 e. The summed E-state index contributed by atoms with van der Waals surface area (Å²) in [6, 6.07) is 24.6. The van der Waals surface area contributed by atoms with Gasteiger partial charge in [0.2, 0.25) is 0 Å². The summed E-state index contributed by atoms with van der Waals surface area (Å²) >= 11 is 0. The van der Waals surface area contributed by atoms with Crippen LogP contribution in [0.2, 0.25) is 0 Å². The average molecular weight is 596 g/mol. The fourth-order valence-electron chi connectivity index (χ4n) is 3.62. The van der Waals surface area contributed by atoms with Crippen LogP contribution in [0.25, 0.3) is 11.1 Å². The molecule has 0 saturated heterocycles. The Morgan fingerprint density at radius 2 is 1.37 bits per heavy atom. The van der Waals surface area contributed by atoms with Crippen LogP contribution in [-0.2, 0) is 38.3 Å². The van der Waals surface area contributed by atoms with E-state index in [1.807, 2.05) is 85.8 Å². The van der Waals surface area contributed by atoms with E-state index < -0.39 is 11.7 Å². The molecule has 0 aromatic heterocycles. The van der Waals surface area contributed by atoms with Gasteiger partial charge in [0.1, 0.15) is 17.1 Å². The van der Waals surface area contributed by atoms with Gasteiger partial charge < -0.3 is 35.8 Å². The third-order valence-corrected chi connectivity index (χ3v) is 5.83. The van der Waals surface area contributed by atoms with Crippen LogP contribution >= 0.6 is 0 Å². The molecule has 0 aliphatic heterocycles. The van der Waals surface area contributed by atoms with Crippen LogP contribution in [0.5, 0.6) is 11.5 Å². The first-order valence-corrected chi connectivity index (χ1v) is 12.2. The quantitative estimate of drug-likeness (QED) is 0.191. The summed E-state index contributed by atoms with van der Waals surface area (Å²) in [6.07, 6.45) is 2.42. The van der Waals surface area contributed by atoms with E-state index in [9.17, 15) is 5.11 Å². The van der Waals surface area contributed by atoms with Gasteiger partial charge in [0.05, 0.1) is 26.9 Å². The molecule has 8 heteroatoms. The zero-order valence-corrected chi connectivity index (χ0v) is 25.2. The number of aliphatic hydroxyl groups excluding tert-OH is 2.